The maximum atomic E-state index is 13.7. The molecule has 1 fully saturated rings. The minimum atomic E-state index is -0.475. The average molecular weight is 342 g/mol. The van der Waals surface area contributed by atoms with E-state index in [0.29, 0.717) is 4.47 Å². The van der Waals surface area contributed by atoms with Crippen molar-refractivity contribution >= 4 is 21.8 Å². The Balaban J connectivity index is 1.93. The van der Waals surface area contributed by atoms with Gasteiger partial charge in [0.1, 0.15) is 5.82 Å². The van der Waals surface area contributed by atoms with Crippen molar-refractivity contribution in [2.24, 2.45) is 5.92 Å². The van der Waals surface area contributed by atoms with E-state index in [2.05, 4.69) is 28.2 Å². The Kier molecular flexibility index (Phi) is 5.58. The van der Waals surface area contributed by atoms with Crippen LogP contribution in [0.25, 0.3) is 0 Å². The lowest BCUT2D eigenvalue weighted by atomic mass is 9.83. The van der Waals surface area contributed by atoms with Crippen LogP contribution in [0.15, 0.2) is 22.7 Å². The van der Waals surface area contributed by atoms with Gasteiger partial charge in [-0.1, -0.05) is 25.8 Å². The Hall–Kier alpha value is -0.900. The second kappa shape index (κ2) is 7.21. The smallest absolute Gasteiger partial charge is 0.255 e. The van der Waals surface area contributed by atoms with Gasteiger partial charge in [-0.2, -0.15) is 0 Å². The van der Waals surface area contributed by atoms with Gasteiger partial charge < -0.3 is 5.32 Å². The van der Waals surface area contributed by atoms with Gasteiger partial charge in [0.25, 0.3) is 5.91 Å². The molecule has 0 bridgehead atoms. The van der Waals surface area contributed by atoms with Gasteiger partial charge in [-0.05, 0) is 59.7 Å². The van der Waals surface area contributed by atoms with Gasteiger partial charge in [0.15, 0.2) is 0 Å². The molecule has 1 aromatic carbocycles. The van der Waals surface area contributed by atoms with Crippen molar-refractivity contribution < 1.29 is 9.18 Å². The zero-order chi connectivity index (χ0) is 14.5. The van der Waals surface area contributed by atoms with E-state index in [1.54, 1.807) is 12.1 Å². The topological polar surface area (TPSA) is 29.1 Å². The SMILES string of the molecule is CCCC1CCC(NC(=O)c2c(F)cccc2Br)CC1. The summed E-state index contributed by atoms with van der Waals surface area (Å²) < 4.78 is 14.2. The van der Waals surface area contributed by atoms with Gasteiger partial charge in [0.05, 0.1) is 5.56 Å². The molecule has 1 saturated carbocycles. The van der Waals surface area contributed by atoms with Crippen molar-refractivity contribution in [3.05, 3.63) is 34.1 Å². The summed E-state index contributed by atoms with van der Waals surface area (Å²) in [5.41, 5.74) is 0.114. The van der Waals surface area contributed by atoms with E-state index in [0.717, 1.165) is 31.6 Å². The van der Waals surface area contributed by atoms with E-state index in [4.69, 9.17) is 0 Å². The van der Waals surface area contributed by atoms with Crippen LogP contribution < -0.4 is 5.32 Å². The maximum absolute atomic E-state index is 13.7. The summed E-state index contributed by atoms with van der Waals surface area (Å²) in [5, 5.41) is 2.97. The van der Waals surface area contributed by atoms with Gasteiger partial charge in [-0.3, -0.25) is 4.79 Å². The molecule has 0 saturated heterocycles. The summed E-state index contributed by atoms with van der Waals surface area (Å²) in [5.74, 6) is 0.0128. The Morgan fingerprint density at radius 2 is 2.05 bits per heavy atom. The molecular formula is C16H21BrFNO. The molecule has 0 unspecified atom stereocenters. The van der Waals surface area contributed by atoms with Crippen LogP contribution in [0.5, 0.6) is 0 Å². The molecule has 1 aliphatic rings. The largest absolute Gasteiger partial charge is 0.349 e. The highest BCUT2D eigenvalue weighted by Gasteiger charge is 2.24. The standard InChI is InChI=1S/C16H21BrFNO/c1-2-4-11-7-9-12(10-8-11)19-16(20)15-13(17)5-3-6-14(15)18/h3,5-6,11-12H,2,4,7-10H2,1H3,(H,19,20). The highest BCUT2D eigenvalue weighted by molar-refractivity contribution is 9.10. The predicted octanol–water partition coefficient (Wildman–Crippen LogP) is 4.68. The summed E-state index contributed by atoms with van der Waals surface area (Å²) in [6, 6.07) is 4.78. The first kappa shape index (κ1) is 15.5. The maximum Gasteiger partial charge on any atom is 0.255 e. The first-order valence-corrected chi connectivity index (χ1v) is 8.16. The number of rotatable bonds is 4. The zero-order valence-corrected chi connectivity index (χ0v) is 13.4. The van der Waals surface area contributed by atoms with Crippen LogP contribution in [0.4, 0.5) is 4.39 Å². The minimum Gasteiger partial charge on any atom is -0.349 e. The molecule has 1 amide bonds. The van der Waals surface area contributed by atoms with Crippen molar-refractivity contribution in [3.63, 3.8) is 0 Å². The monoisotopic (exact) mass is 341 g/mol. The van der Waals surface area contributed by atoms with Crippen molar-refractivity contribution in [2.75, 3.05) is 0 Å². The second-order valence-corrected chi connectivity index (χ2v) is 6.43. The number of benzene rings is 1. The van der Waals surface area contributed by atoms with Crippen LogP contribution in [-0.4, -0.2) is 11.9 Å². The lowest BCUT2D eigenvalue weighted by Gasteiger charge is -2.29. The fourth-order valence-electron chi connectivity index (χ4n) is 2.98. The van der Waals surface area contributed by atoms with Crippen LogP contribution >= 0.6 is 15.9 Å². The van der Waals surface area contributed by atoms with Crippen molar-refractivity contribution in [1.82, 2.24) is 5.32 Å². The molecule has 0 radical (unpaired) electrons. The van der Waals surface area contributed by atoms with E-state index in [1.165, 1.54) is 18.9 Å². The molecular weight excluding hydrogens is 321 g/mol. The predicted molar refractivity (Wildman–Crippen MR) is 82.2 cm³/mol. The molecule has 0 spiro atoms. The molecule has 110 valence electrons. The molecule has 0 atom stereocenters. The van der Waals surface area contributed by atoms with Crippen LogP contribution in [0.1, 0.15) is 55.8 Å². The highest BCUT2D eigenvalue weighted by Crippen LogP contribution is 2.28. The number of hydrogen-bond acceptors (Lipinski definition) is 1. The lowest BCUT2D eigenvalue weighted by Crippen LogP contribution is -2.38. The number of carbonyl (C=O) groups excluding carboxylic acids is 1. The summed E-state index contributed by atoms with van der Waals surface area (Å²) in [7, 11) is 0. The quantitative estimate of drug-likeness (QED) is 0.846. The van der Waals surface area contributed by atoms with Gasteiger partial charge in [0, 0.05) is 10.5 Å². The van der Waals surface area contributed by atoms with E-state index in [1.807, 2.05) is 0 Å². The molecule has 0 heterocycles. The number of hydrogen-bond donors (Lipinski definition) is 1. The summed E-state index contributed by atoms with van der Waals surface area (Å²) in [6.07, 6.45) is 6.84. The van der Waals surface area contributed by atoms with E-state index in [9.17, 15) is 9.18 Å². The Bertz CT molecular complexity index is 449. The van der Waals surface area contributed by atoms with E-state index < -0.39 is 5.82 Å². The van der Waals surface area contributed by atoms with Crippen LogP contribution in [-0.2, 0) is 0 Å². The molecule has 2 rings (SSSR count). The lowest BCUT2D eigenvalue weighted by molar-refractivity contribution is 0.0916. The molecule has 1 aromatic rings. The highest BCUT2D eigenvalue weighted by atomic mass is 79.9. The van der Waals surface area contributed by atoms with Crippen molar-refractivity contribution in [2.45, 2.75) is 51.5 Å². The number of carbonyl (C=O) groups is 1. The first-order valence-electron chi connectivity index (χ1n) is 7.36. The molecule has 0 aliphatic heterocycles. The summed E-state index contributed by atoms with van der Waals surface area (Å²) in [6.45, 7) is 2.21. The van der Waals surface area contributed by atoms with Crippen LogP contribution in [0.3, 0.4) is 0 Å². The Labute approximate surface area is 128 Å². The number of amides is 1. The molecule has 1 aliphatic carbocycles. The third kappa shape index (κ3) is 3.81. The fraction of sp³-hybridized carbons (Fsp3) is 0.562. The van der Waals surface area contributed by atoms with Gasteiger partial charge in [0.2, 0.25) is 0 Å². The van der Waals surface area contributed by atoms with Gasteiger partial charge in [-0.25, -0.2) is 4.39 Å². The van der Waals surface area contributed by atoms with E-state index >= 15 is 0 Å². The third-order valence-electron chi connectivity index (χ3n) is 4.07. The Morgan fingerprint density at radius 1 is 1.35 bits per heavy atom. The van der Waals surface area contributed by atoms with E-state index in [-0.39, 0.29) is 17.5 Å². The minimum absolute atomic E-state index is 0.114. The van der Waals surface area contributed by atoms with Crippen molar-refractivity contribution in [1.29, 1.82) is 0 Å². The third-order valence-corrected chi connectivity index (χ3v) is 4.73. The summed E-state index contributed by atoms with van der Waals surface area (Å²) >= 11 is 3.24. The average Bonchev–Trinajstić information content (AvgIpc) is 2.41. The number of halogens is 2. The Morgan fingerprint density at radius 3 is 2.65 bits per heavy atom. The van der Waals surface area contributed by atoms with Crippen LogP contribution in [0.2, 0.25) is 0 Å². The van der Waals surface area contributed by atoms with Gasteiger partial charge in [-0.15, -0.1) is 0 Å². The molecule has 2 nitrogen and oxygen atoms in total. The number of nitrogens with one attached hydrogen (secondary N) is 1. The summed E-state index contributed by atoms with van der Waals surface area (Å²) in [4.78, 5) is 12.2. The molecule has 4 heteroatoms. The normalized spacial score (nSPS) is 22.6. The fourth-order valence-corrected chi connectivity index (χ4v) is 3.50. The first-order chi connectivity index (χ1) is 9.61. The zero-order valence-electron chi connectivity index (χ0n) is 11.8. The van der Waals surface area contributed by atoms with Crippen LogP contribution in [0, 0.1) is 11.7 Å². The molecule has 20 heavy (non-hydrogen) atoms. The van der Waals surface area contributed by atoms with Gasteiger partial charge >= 0.3 is 0 Å². The second-order valence-electron chi connectivity index (χ2n) is 5.58. The molecule has 1 N–H and O–H groups in total. The van der Waals surface area contributed by atoms with Crippen molar-refractivity contribution in [3.8, 4) is 0 Å². The molecule has 0 aromatic heterocycles.